The Morgan fingerprint density at radius 3 is 2.32 bits per heavy atom. The quantitative estimate of drug-likeness (QED) is 0.866. The maximum atomic E-state index is 12.7. The van der Waals surface area contributed by atoms with Gasteiger partial charge in [0.1, 0.15) is 5.75 Å². The molecule has 2 aromatic rings. The second kappa shape index (κ2) is 7.32. The van der Waals surface area contributed by atoms with Crippen molar-refractivity contribution in [1.29, 1.82) is 0 Å². The van der Waals surface area contributed by atoms with Gasteiger partial charge in [-0.15, -0.1) is 0 Å². The summed E-state index contributed by atoms with van der Waals surface area (Å²) >= 11 is 5.93. The standard InChI is InChI=1S/C18H20ClNO2/c1-12(2)17(13-8-10-14(19)11-9-13)18(21)20-15-6-4-5-7-16(15)22-3/h4-12,17H,1-3H3,(H,20,21)/t17-/m1/s1. The van der Waals surface area contributed by atoms with Gasteiger partial charge in [0.25, 0.3) is 0 Å². The molecule has 4 heteroatoms. The van der Waals surface area contributed by atoms with Crippen LogP contribution in [-0.2, 0) is 4.79 Å². The van der Waals surface area contributed by atoms with Gasteiger partial charge in [-0.1, -0.05) is 49.7 Å². The van der Waals surface area contributed by atoms with Crippen LogP contribution in [0.1, 0.15) is 25.3 Å². The first kappa shape index (κ1) is 16.4. The van der Waals surface area contributed by atoms with Crippen LogP contribution < -0.4 is 10.1 Å². The zero-order valence-corrected chi connectivity index (χ0v) is 13.7. The maximum absolute atomic E-state index is 12.7. The summed E-state index contributed by atoms with van der Waals surface area (Å²) in [7, 11) is 1.59. The Hall–Kier alpha value is -2.00. The number of anilines is 1. The van der Waals surface area contributed by atoms with Gasteiger partial charge >= 0.3 is 0 Å². The zero-order chi connectivity index (χ0) is 16.1. The third-order valence-corrected chi connectivity index (χ3v) is 3.80. The van der Waals surface area contributed by atoms with E-state index in [1.54, 1.807) is 7.11 Å². The minimum Gasteiger partial charge on any atom is -0.495 e. The van der Waals surface area contributed by atoms with E-state index in [2.05, 4.69) is 5.32 Å². The molecule has 0 aliphatic heterocycles. The maximum Gasteiger partial charge on any atom is 0.232 e. The molecular weight excluding hydrogens is 298 g/mol. The van der Waals surface area contributed by atoms with Gasteiger partial charge in [0.2, 0.25) is 5.91 Å². The molecule has 0 radical (unpaired) electrons. The lowest BCUT2D eigenvalue weighted by atomic mass is 9.87. The summed E-state index contributed by atoms with van der Waals surface area (Å²) < 4.78 is 5.28. The molecule has 22 heavy (non-hydrogen) atoms. The van der Waals surface area contributed by atoms with E-state index < -0.39 is 0 Å². The predicted molar refractivity (Wildman–Crippen MR) is 90.7 cm³/mol. The molecule has 0 spiro atoms. The van der Waals surface area contributed by atoms with Crippen molar-refractivity contribution in [3.05, 3.63) is 59.1 Å². The summed E-state index contributed by atoms with van der Waals surface area (Å²) in [5, 5.41) is 3.62. The molecule has 2 rings (SSSR count). The van der Waals surface area contributed by atoms with Gasteiger partial charge in [-0.05, 0) is 35.7 Å². The lowest BCUT2D eigenvalue weighted by molar-refractivity contribution is -0.118. The molecule has 1 N–H and O–H groups in total. The summed E-state index contributed by atoms with van der Waals surface area (Å²) in [4.78, 5) is 12.7. The number of para-hydroxylation sites is 2. The number of rotatable bonds is 5. The average molecular weight is 318 g/mol. The van der Waals surface area contributed by atoms with Crippen LogP contribution in [0.2, 0.25) is 5.02 Å². The SMILES string of the molecule is COc1ccccc1NC(=O)[C@@H](c1ccc(Cl)cc1)C(C)C. The fourth-order valence-corrected chi connectivity index (χ4v) is 2.59. The molecule has 0 aliphatic rings. The van der Waals surface area contributed by atoms with E-state index in [0.717, 1.165) is 5.56 Å². The topological polar surface area (TPSA) is 38.3 Å². The lowest BCUT2D eigenvalue weighted by Crippen LogP contribution is -2.25. The number of carbonyl (C=O) groups excluding carboxylic acids is 1. The van der Waals surface area contributed by atoms with Gasteiger partial charge in [0, 0.05) is 5.02 Å². The number of benzene rings is 2. The summed E-state index contributed by atoms with van der Waals surface area (Å²) in [6, 6.07) is 14.8. The van der Waals surface area contributed by atoms with Crippen LogP contribution in [0.15, 0.2) is 48.5 Å². The Balaban J connectivity index is 2.25. The number of hydrogen-bond acceptors (Lipinski definition) is 2. The van der Waals surface area contributed by atoms with E-state index in [9.17, 15) is 4.79 Å². The molecule has 1 amide bonds. The van der Waals surface area contributed by atoms with Crippen LogP contribution in [0.5, 0.6) is 5.75 Å². The van der Waals surface area contributed by atoms with E-state index >= 15 is 0 Å². The number of amides is 1. The van der Waals surface area contributed by atoms with Crippen LogP contribution in [0.3, 0.4) is 0 Å². The summed E-state index contributed by atoms with van der Waals surface area (Å²) in [6.07, 6.45) is 0. The van der Waals surface area contributed by atoms with Gasteiger partial charge in [0.05, 0.1) is 18.7 Å². The third kappa shape index (κ3) is 3.80. The second-order valence-electron chi connectivity index (χ2n) is 5.46. The first-order valence-corrected chi connectivity index (χ1v) is 7.60. The number of hydrogen-bond donors (Lipinski definition) is 1. The summed E-state index contributed by atoms with van der Waals surface area (Å²) in [5.41, 5.74) is 1.63. The largest absolute Gasteiger partial charge is 0.495 e. The zero-order valence-electron chi connectivity index (χ0n) is 13.0. The molecule has 0 aromatic heterocycles. The van der Waals surface area contributed by atoms with Gasteiger partial charge < -0.3 is 10.1 Å². The van der Waals surface area contributed by atoms with Crippen LogP contribution in [-0.4, -0.2) is 13.0 Å². The summed E-state index contributed by atoms with van der Waals surface area (Å²) in [5.74, 6) is 0.509. The van der Waals surface area contributed by atoms with Crippen LogP contribution in [0.4, 0.5) is 5.69 Å². The first-order chi connectivity index (χ1) is 10.5. The first-order valence-electron chi connectivity index (χ1n) is 7.22. The fraction of sp³-hybridized carbons (Fsp3) is 0.278. The van der Waals surface area contributed by atoms with Crippen molar-refractivity contribution < 1.29 is 9.53 Å². The molecule has 2 aromatic carbocycles. The van der Waals surface area contributed by atoms with Crippen LogP contribution in [0.25, 0.3) is 0 Å². The lowest BCUT2D eigenvalue weighted by Gasteiger charge is -2.21. The highest BCUT2D eigenvalue weighted by molar-refractivity contribution is 6.30. The van der Waals surface area contributed by atoms with Crippen molar-refractivity contribution in [3.63, 3.8) is 0 Å². The Kier molecular flexibility index (Phi) is 5.45. The molecular formula is C18H20ClNO2. The van der Waals surface area contributed by atoms with E-state index in [1.165, 1.54) is 0 Å². The van der Waals surface area contributed by atoms with Crippen molar-refractivity contribution in [2.24, 2.45) is 5.92 Å². The Labute approximate surface area is 136 Å². The highest BCUT2D eigenvalue weighted by atomic mass is 35.5. The Morgan fingerprint density at radius 1 is 1.09 bits per heavy atom. The molecule has 0 saturated heterocycles. The minimum atomic E-state index is -0.248. The van der Waals surface area contributed by atoms with Crippen LogP contribution >= 0.6 is 11.6 Å². The monoisotopic (exact) mass is 317 g/mol. The molecule has 3 nitrogen and oxygen atoms in total. The van der Waals surface area contributed by atoms with E-state index in [0.29, 0.717) is 16.5 Å². The van der Waals surface area contributed by atoms with Gasteiger partial charge in [-0.3, -0.25) is 4.79 Å². The molecule has 0 heterocycles. The second-order valence-corrected chi connectivity index (χ2v) is 5.90. The number of ether oxygens (including phenoxy) is 1. The number of methoxy groups -OCH3 is 1. The number of carbonyl (C=O) groups is 1. The van der Waals surface area contributed by atoms with E-state index in [4.69, 9.17) is 16.3 Å². The van der Waals surface area contributed by atoms with Crippen molar-refractivity contribution in [3.8, 4) is 5.75 Å². The molecule has 0 unspecified atom stereocenters. The average Bonchev–Trinajstić information content (AvgIpc) is 2.49. The van der Waals surface area contributed by atoms with Gasteiger partial charge in [0.15, 0.2) is 0 Å². The van der Waals surface area contributed by atoms with E-state index in [1.807, 2.05) is 62.4 Å². The van der Waals surface area contributed by atoms with Gasteiger partial charge in [-0.2, -0.15) is 0 Å². The van der Waals surface area contributed by atoms with Crippen LogP contribution in [0, 0.1) is 5.92 Å². The van der Waals surface area contributed by atoms with Crippen molar-refractivity contribution >= 4 is 23.2 Å². The number of halogens is 1. The molecule has 0 bridgehead atoms. The number of nitrogens with one attached hydrogen (secondary N) is 1. The molecule has 116 valence electrons. The Morgan fingerprint density at radius 2 is 1.73 bits per heavy atom. The predicted octanol–water partition coefficient (Wildman–Crippen LogP) is 4.73. The van der Waals surface area contributed by atoms with Crippen molar-refractivity contribution in [2.45, 2.75) is 19.8 Å². The molecule has 1 atom stereocenters. The highest BCUT2D eigenvalue weighted by Gasteiger charge is 2.24. The highest BCUT2D eigenvalue weighted by Crippen LogP contribution is 2.29. The molecule has 0 saturated carbocycles. The summed E-state index contributed by atoms with van der Waals surface area (Å²) in [6.45, 7) is 4.06. The van der Waals surface area contributed by atoms with Crippen molar-refractivity contribution in [2.75, 3.05) is 12.4 Å². The smallest absolute Gasteiger partial charge is 0.232 e. The molecule has 0 fully saturated rings. The minimum absolute atomic E-state index is 0.0539. The van der Waals surface area contributed by atoms with E-state index in [-0.39, 0.29) is 17.7 Å². The molecule has 0 aliphatic carbocycles. The Bertz CT molecular complexity index is 638. The fourth-order valence-electron chi connectivity index (χ4n) is 2.47. The third-order valence-electron chi connectivity index (χ3n) is 3.54. The van der Waals surface area contributed by atoms with Gasteiger partial charge in [-0.25, -0.2) is 0 Å². The normalized spacial score (nSPS) is 12.0. The van der Waals surface area contributed by atoms with Crippen molar-refractivity contribution in [1.82, 2.24) is 0 Å².